The number of alkyl halides is 2. The highest BCUT2D eigenvalue weighted by Crippen LogP contribution is 2.65. The number of piperidine rings is 1. The van der Waals surface area contributed by atoms with Crippen molar-refractivity contribution in [1.29, 1.82) is 0 Å². The lowest BCUT2D eigenvalue weighted by Crippen LogP contribution is -2.56. The molecule has 1 atom stereocenters. The van der Waals surface area contributed by atoms with E-state index in [0.29, 0.717) is 32.5 Å². The number of rotatable bonds is 3. The summed E-state index contributed by atoms with van der Waals surface area (Å²) in [6.45, 7) is 1.57. The van der Waals surface area contributed by atoms with E-state index in [-0.39, 0.29) is 17.7 Å². The van der Waals surface area contributed by atoms with Gasteiger partial charge < -0.3 is 14.6 Å². The lowest BCUT2D eigenvalue weighted by Gasteiger charge is -2.57. The lowest BCUT2D eigenvalue weighted by atomic mass is 9.53. The molecule has 9 nitrogen and oxygen atoms in total. The molecule has 2 saturated carbocycles. The van der Waals surface area contributed by atoms with Crippen molar-refractivity contribution in [1.82, 2.24) is 34.4 Å². The predicted molar refractivity (Wildman–Crippen MR) is 164 cm³/mol. The molecular formula is C34H35F2N7O2. The second-order valence-electron chi connectivity index (χ2n) is 13.9. The van der Waals surface area contributed by atoms with E-state index < -0.39 is 17.4 Å². The maximum atomic E-state index is 14.4. The third-order valence-electron chi connectivity index (χ3n) is 11.2. The summed E-state index contributed by atoms with van der Waals surface area (Å²) in [6.07, 6.45) is 11.6. The van der Waals surface area contributed by atoms with Gasteiger partial charge in [-0.3, -0.25) is 14.2 Å². The fourth-order valence-electron chi connectivity index (χ4n) is 8.93. The fraction of sp³-hybridized carbons (Fsp3) is 0.471. The molecule has 2 aliphatic heterocycles. The lowest BCUT2D eigenvalue weighted by molar-refractivity contribution is -0.186. The molecule has 4 aliphatic rings. The average Bonchev–Trinajstić information content (AvgIpc) is 3.83. The number of carbonyl (C=O) groups is 1. The number of ether oxygens (including phenoxy) is 1. The number of hydrogen-bond acceptors (Lipinski definition) is 5. The van der Waals surface area contributed by atoms with Crippen LogP contribution in [0, 0.1) is 11.3 Å². The van der Waals surface area contributed by atoms with Crippen LogP contribution in [-0.2, 0) is 35.8 Å². The van der Waals surface area contributed by atoms with Crippen LogP contribution >= 0.6 is 0 Å². The number of aryl methyl sites for hydroxylation is 2. The number of aromatic amines is 1. The van der Waals surface area contributed by atoms with Gasteiger partial charge in [0, 0.05) is 79.0 Å². The zero-order valence-electron chi connectivity index (χ0n) is 25.4. The zero-order chi connectivity index (χ0) is 30.7. The fourth-order valence-corrected chi connectivity index (χ4v) is 8.93. The zero-order valence-corrected chi connectivity index (χ0v) is 25.4. The van der Waals surface area contributed by atoms with Gasteiger partial charge in [0.2, 0.25) is 5.91 Å². The molecule has 5 aromatic rings. The molecular weight excluding hydrogens is 576 g/mol. The smallest absolute Gasteiger partial charge is 0.259 e. The second kappa shape index (κ2) is 9.22. The quantitative estimate of drug-likeness (QED) is 0.267. The Morgan fingerprint density at radius 2 is 1.87 bits per heavy atom. The molecule has 2 aliphatic carbocycles. The molecule has 11 heteroatoms. The molecule has 4 aromatic heterocycles. The summed E-state index contributed by atoms with van der Waals surface area (Å²) in [5, 5.41) is 11.1. The van der Waals surface area contributed by atoms with Gasteiger partial charge in [0.1, 0.15) is 11.6 Å². The Morgan fingerprint density at radius 3 is 2.60 bits per heavy atom. The van der Waals surface area contributed by atoms with Crippen LogP contribution in [0.4, 0.5) is 8.78 Å². The van der Waals surface area contributed by atoms with Crippen molar-refractivity contribution in [3.8, 4) is 22.4 Å². The minimum Gasteiger partial charge on any atom is -0.365 e. The topological polar surface area (TPSA) is 93.9 Å². The minimum atomic E-state index is -2.88. The number of benzene rings is 1. The number of fused-ring (bicyclic) bond motifs is 5. The van der Waals surface area contributed by atoms with Gasteiger partial charge in [-0.25, -0.2) is 13.8 Å². The van der Waals surface area contributed by atoms with Crippen molar-refractivity contribution in [3.05, 3.63) is 54.1 Å². The van der Waals surface area contributed by atoms with E-state index >= 15 is 0 Å². The van der Waals surface area contributed by atoms with E-state index in [1.165, 1.54) is 5.56 Å². The second-order valence-corrected chi connectivity index (χ2v) is 13.9. The number of halogens is 2. The Bertz CT molecular complexity index is 2010. The number of aromatic nitrogens is 6. The van der Waals surface area contributed by atoms with E-state index in [9.17, 15) is 13.6 Å². The molecule has 1 N–H and O–H groups in total. The first-order valence-corrected chi connectivity index (χ1v) is 15.9. The molecule has 2 spiro atoms. The SMILES string of the molecule is Cn1cc(-c2[nH]c3ncc4c(c3c2-c2ccc3c(cnn3C)c2)C2(CC3(CCN(C(=O)[C@@H]5CCCC5(F)F)CC3)C2)OC4)cn1. The van der Waals surface area contributed by atoms with E-state index in [0.717, 1.165) is 75.6 Å². The average molecular weight is 612 g/mol. The Hall–Kier alpha value is -4.12. The van der Waals surface area contributed by atoms with Crippen molar-refractivity contribution in [2.45, 2.75) is 63.1 Å². The first-order valence-electron chi connectivity index (χ1n) is 15.9. The summed E-state index contributed by atoms with van der Waals surface area (Å²) in [4.78, 5) is 23.3. The minimum absolute atomic E-state index is 0.0312. The Balaban J connectivity index is 1.09. The normalized spacial score (nSPS) is 22.9. The molecule has 0 radical (unpaired) electrons. The third kappa shape index (κ3) is 3.92. The van der Waals surface area contributed by atoms with Crippen molar-refractivity contribution in [2.75, 3.05) is 13.1 Å². The van der Waals surface area contributed by atoms with E-state index in [2.05, 4.69) is 33.4 Å². The van der Waals surface area contributed by atoms with Gasteiger partial charge in [0.25, 0.3) is 5.92 Å². The van der Waals surface area contributed by atoms with E-state index in [1.54, 1.807) is 9.58 Å². The number of nitrogens with zero attached hydrogens (tertiary/aromatic N) is 6. The third-order valence-corrected chi connectivity index (χ3v) is 11.2. The van der Waals surface area contributed by atoms with Crippen LogP contribution in [0.5, 0.6) is 0 Å². The number of H-pyrrole nitrogens is 1. The van der Waals surface area contributed by atoms with Crippen LogP contribution in [0.3, 0.4) is 0 Å². The van der Waals surface area contributed by atoms with Crippen molar-refractivity contribution in [3.63, 3.8) is 0 Å². The Kier molecular flexibility index (Phi) is 5.57. The van der Waals surface area contributed by atoms with Crippen LogP contribution in [0.1, 0.15) is 56.1 Å². The van der Waals surface area contributed by atoms with Crippen molar-refractivity contribution >= 4 is 27.8 Å². The maximum Gasteiger partial charge on any atom is 0.259 e. The molecule has 3 fully saturated rings. The number of carbonyl (C=O) groups excluding carboxylic acids is 1. The number of likely N-dealkylation sites (tertiary alicyclic amines) is 1. The molecule has 232 valence electrons. The molecule has 1 saturated heterocycles. The van der Waals surface area contributed by atoms with Crippen LogP contribution in [-0.4, -0.2) is 59.3 Å². The first kappa shape index (κ1) is 27.2. The van der Waals surface area contributed by atoms with Gasteiger partial charge in [0.05, 0.1) is 35.8 Å². The van der Waals surface area contributed by atoms with Crippen molar-refractivity contribution < 1.29 is 18.3 Å². The highest BCUT2D eigenvalue weighted by atomic mass is 19.3. The van der Waals surface area contributed by atoms with Crippen LogP contribution in [0.25, 0.3) is 44.3 Å². The largest absolute Gasteiger partial charge is 0.365 e. The molecule has 1 aromatic carbocycles. The molecule has 0 bridgehead atoms. The summed E-state index contributed by atoms with van der Waals surface area (Å²) in [7, 11) is 3.86. The summed E-state index contributed by atoms with van der Waals surface area (Å²) < 4.78 is 39.1. The van der Waals surface area contributed by atoms with E-state index in [4.69, 9.17) is 9.72 Å². The van der Waals surface area contributed by atoms with Gasteiger partial charge in [0.15, 0.2) is 0 Å². The van der Waals surface area contributed by atoms with Crippen LogP contribution < -0.4 is 0 Å². The Labute approximate surface area is 258 Å². The molecule has 0 unspecified atom stereocenters. The highest BCUT2D eigenvalue weighted by Gasteiger charge is 2.61. The number of pyridine rings is 1. The van der Waals surface area contributed by atoms with Gasteiger partial charge in [-0.2, -0.15) is 10.2 Å². The monoisotopic (exact) mass is 611 g/mol. The molecule has 45 heavy (non-hydrogen) atoms. The number of amides is 1. The molecule has 1 amide bonds. The predicted octanol–water partition coefficient (Wildman–Crippen LogP) is 6.08. The molecule has 6 heterocycles. The summed E-state index contributed by atoms with van der Waals surface area (Å²) in [5.74, 6) is -4.39. The standard InChI is InChI=1S/C34H35F2N7O2/c1-41-16-22(15-38-41)29-26(20-5-6-25-21(12-20)14-39-42(25)2)27-28-23(13-37-30(27)40-29)17-45-33(28)18-32(19-33)8-10-43(11-9-32)31(44)24-4-3-7-34(24,35)36/h5-6,12-16,24H,3-4,7-11,17-19H2,1-2H3,(H,37,40)/t24-/m0/s1. The van der Waals surface area contributed by atoms with Gasteiger partial charge in [-0.1, -0.05) is 6.07 Å². The summed E-state index contributed by atoms with van der Waals surface area (Å²) in [5.41, 5.74) is 7.88. The molecule has 9 rings (SSSR count). The van der Waals surface area contributed by atoms with Gasteiger partial charge >= 0.3 is 0 Å². The number of nitrogens with one attached hydrogen (secondary N) is 1. The summed E-state index contributed by atoms with van der Waals surface area (Å²) >= 11 is 0. The van der Waals surface area contributed by atoms with Gasteiger partial charge in [-0.15, -0.1) is 0 Å². The first-order chi connectivity index (χ1) is 21.7. The van der Waals surface area contributed by atoms with Crippen LogP contribution in [0.15, 0.2) is 43.0 Å². The number of hydrogen-bond donors (Lipinski definition) is 1. The highest BCUT2D eigenvalue weighted by molar-refractivity contribution is 6.06. The van der Waals surface area contributed by atoms with Crippen LogP contribution in [0.2, 0.25) is 0 Å². The van der Waals surface area contributed by atoms with Gasteiger partial charge in [-0.05, 0) is 61.6 Å². The summed E-state index contributed by atoms with van der Waals surface area (Å²) in [6, 6.07) is 6.45. The maximum absolute atomic E-state index is 14.4. The Morgan fingerprint density at radius 1 is 1.04 bits per heavy atom. The van der Waals surface area contributed by atoms with E-state index in [1.807, 2.05) is 43.6 Å². The van der Waals surface area contributed by atoms with Crippen molar-refractivity contribution in [2.24, 2.45) is 25.4 Å².